The molecule has 1 aromatic carbocycles. The number of hydrogen-bond donors (Lipinski definition) is 1. The number of rotatable bonds is 1. The molecule has 0 saturated carbocycles. The Kier molecular flexibility index (Phi) is 1.61. The smallest absolute Gasteiger partial charge is 0.258 e. The molecule has 0 aliphatic rings. The summed E-state index contributed by atoms with van der Waals surface area (Å²) in [6.07, 6.45) is 3.06. The van der Waals surface area contributed by atoms with Crippen LogP contribution in [0.2, 0.25) is 0 Å². The first-order valence-corrected chi connectivity index (χ1v) is 3.76. The third-order valence-corrected chi connectivity index (χ3v) is 1.87. The lowest BCUT2D eigenvalue weighted by Crippen LogP contribution is -1.83. The number of isocyanates is 1. The highest BCUT2D eigenvalue weighted by Gasteiger charge is 2.02. The third-order valence-electron chi connectivity index (χ3n) is 1.87. The van der Waals surface area contributed by atoms with Crippen LogP contribution < -0.4 is 5.73 Å². The van der Waals surface area contributed by atoms with Gasteiger partial charge in [-0.25, -0.2) is 9.47 Å². The van der Waals surface area contributed by atoms with Gasteiger partial charge in [-0.2, -0.15) is 0 Å². The van der Waals surface area contributed by atoms with E-state index in [0.717, 1.165) is 10.9 Å². The normalized spacial score (nSPS) is 9.85. The summed E-state index contributed by atoms with van der Waals surface area (Å²) < 4.78 is 1.41. The van der Waals surface area contributed by atoms with E-state index in [0.29, 0.717) is 5.69 Å². The van der Waals surface area contributed by atoms with Crippen molar-refractivity contribution in [2.24, 2.45) is 5.10 Å². The molecule has 2 N–H and O–H groups in total. The minimum absolute atomic E-state index is 0.606. The predicted octanol–water partition coefficient (Wildman–Crippen LogP) is 1.32. The number of nitrogen functional groups attached to an aromatic ring is 1. The summed E-state index contributed by atoms with van der Waals surface area (Å²) in [4.78, 5) is 10.1. The average molecular weight is 173 g/mol. The van der Waals surface area contributed by atoms with Crippen LogP contribution in [0.25, 0.3) is 10.9 Å². The molecular formula is C9H7N3O. The highest BCUT2D eigenvalue weighted by Crippen LogP contribution is 2.22. The van der Waals surface area contributed by atoms with Crippen molar-refractivity contribution in [2.45, 2.75) is 0 Å². The lowest BCUT2D eigenvalue weighted by molar-refractivity contribution is 0.560. The van der Waals surface area contributed by atoms with Crippen LogP contribution in [0.4, 0.5) is 5.69 Å². The maximum atomic E-state index is 10.1. The van der Waals surface area contributed by atoms with Crippen molar-refractivity contribution in [1.29, 1.82) is 0 Å². The first-order valence-electron chi connectivity index (χ1n) is 3.76. The predicted molar refractivity (Wildman–Crippen MR) is 49.9 cm³/mol. The van der Waals surface area contributed by atoms with E-state index in [9.17, 15) is 4.79 Å². The molecule has 1 heterocycles. The number of carbonyl (C=O) groups excluding carboxylic acids is 1. The number of anilines is 1. The largest absolute Gasteiger partial charge is 0.397 e. The van der Waals surface area contributed by atoms with Gasteiger partial charge in [0.2, 0.25) is 0 Å². The van der Waals surface area contributed by atoms with Gasteiger partial charge < -0.3 is 5.73 Å². The van der Waals surface area contributed by atoms with E-state index in [1.807, 2.05) is 24.3 Å². The number of nitrogens with zero attached hydrogens (tertiary/aromatic N) is 2. The molecule has 13 heavy (non-hydrogen) atoms. The fourth-order valence-corrected chi connectivity index (χ4v) is 1.32. The zero-order chi connectivity index (χ0) is 9.26. The van der Waals surface area contributed by atoms with Gasteiger partial charge >= 0.3 is 0 Å². The molecule has 1 aromatic heterocycles. The standard InChI is InChI=1S/C9H7N3O/c10-8-5-12(11-6-13)9-4-2-1-3-7(8)9/h1-5H,10H2. The van der Waals surface area contributed by atoms with E-state index in [1.165, 1.54) is 10.8 Å². The van der Waals surface area contributed by atoms with Gasteiger partial charge in [0.1, 0.15) is 0 Å². The molecule has 4 nitrogen and oxygen atoms in total. The van der Waals surface area contributed by atoms with E-state index in [4.69, 9.17) is 5.73 Å². The summed E-state index contributed by atoms with van der Waals surface area (Å²) in [5.41, 5.74) is 7.11. The Balaban J connectivity index is 2.85. The monoisotopic (exact) mass is 173 g/mol. The molecular weight excluding hydrogens is 166 g/mol. The number of nitrogens with two attached hydrogens (primary N) is 1. The number of benzene rings is 1. The van der Waals surface area contributed by atoms with Crippen LogP contribution in [0, 0.1) is 0 Å². The van der Waals surface area contributed by atoms with Gasteiger partial charge in [-0.15, -0.1) is 0 Å². The van der Waals surface area contributed by atoms with Crippen molar-refractivity contribution in [2.75, 3.05) is 5.73 Å². The summed E-state index contributed by atoms with van der Waals surface area (Å²) in [5, 5.41) is 4.38. The van der Waals surface area contributed by atoms with Gasteiger partial charge in [-0.1, -0.05) is 23.3 Å². The van der Waals surface area contributed by atoms with Crippen LogP contribution in [0.3, 0.4) is 0 Å². The fraction of sp³-hybridized carbons (Fsp3) is 0. The highest BCUT2D eigenvalue weighted by molar-refractivity contribution is 5.91. The molecule has 0 aliphatic carbocycles. The Morgan fingerprint density at radius 1 is 1.38 bits per heavy atom. The van der Waals surface area contributed by atoms with E-state index in [-0.39, 0.29) is 0 Å². The molecule has 2 aromatic rings. The Hall–Kier alpha value is -2.06. The summed E-state index contributed by atoms with van der Waals surface area (Å²) in [5.74, 6) is 0. The van der Waals surface area contributed by atoms with E-state index in [1.54, 1.807) is 6.20 Å². The summed E-state index contributed by atoms with van der Waals surface area (Å²) in [6, 6.07) is 7.46. The minimum Gasteiger partial charge on any atom is -0.397 e. The zero-order valence-corrected chi connectivity index (χ0v) is 6.77. The highest BCUT2D eigenvalue weighted by atomic mass is 16.1. The molecule has 0 radical (unpaired) electrons. The molecule has 4 heteroatoms. The number of aromatic nitrogens is 1. The zero-order valence-electron chi connectivity index (χ0n) is 6.77. The molecule has 0 unspecified atom stereocenters. The first kappa shape index (κ1) is 7.58. The molecule has 2 rings (SSSR count). The second-order valence-corrected chi connectivity index (χ2v) is 2.64. The van der Waals surface area contributed by atoms with Gasteiger partial charge in [0.25, 0.3) is 6.08 Å². The first-order chi connectivity index (χ1) is 6.33. The Labute approximate surface area is 74.3 Å². The molecule has 0 fully saturated rings. The molecule has 0 amide bonds. The summed E-state index contributed by atoms with van der Waals surface area (Å²) in [7, 11) is 0. The number of para-hydroxylation sites is 1. The van der Waals surface area contributed by atoms with Gasteiger partial charge in [0.15, 0.2) is 0 Å². The molecule has 0 saturated heterocycles. The van der Waals surface area contributed by atoms with Gasteiger partial charge in [-0.3, -0.25) is 0 Å². The minimum atomic E-state index is 0.606. The van der Waals surface area contributed by atoms with Crippen LogP contribution in [0.1, 0.15) is 0 Å². The van der Waals surface area contributed by atoms with Crippen LogP contribution in [-0.2, 0) is 4.79 Å². The van der Waals surface area contributed by atoms with Crippen LogP contribution in [0.5, 0.6) is 0 Å². The van der Waals surface area contributed by atoms with Crippen LogP contribution in [-0.4, -0.2) is 10.8 Å². The van der Waals surface area contributed by atoms with Crippen molar-refractivity contribution >= 4 is 22.7 Å². The average Bonchev–Trinajstić information content (AvgIpc) is 2.46. The van der Waals surface area contributed by atoms with Crippen molar-refractivity contribution in [3.8, 4) is 0 Å². The maximum Gasteiger partial charge on any atom is 0.258 e. The fourth-order valence-electron chi connectivity index (χ4n) is 1.32. The van der Waals surface area contributed by atoms with Crippen molar-refractivity contribution < 1.29 is 4.79 Å². The van der Waals surface area contributed by atoms with Crippen LogP contribution in [0.15, 0.2) is 35.6 Å². The Bertz CT molecular complexity index is 495. The topological polar surface area (TPSA) is 60.4 Å². The van der Waals surface area contributed by atoms with Crippen molar-refractivity contribution in [3.63, 3.8) is 0 Å². The maximum absolute atomic E-state index is 10.1. The SMILES string of the molecule is Nc1cn(N=C=O)c2ccccc12. The van der Waals surface area contributed by atoms with Crippen molar-refractivity contribution in [1.82, 2.24) is 4.68 Å². The van der Waals surface area contributed by atoms with Gasteiger partial charge in [0, 0.05) is 5.39 Å². The van der Waals surface area contributed by atoms with Crippen molar-refractivity contribution in [3.05, 3.63) is 30.5 Å². The van der Waals surface area contributed by atoms with E-state index < -0.39 is 0 Å². The van der Waals surface area contributed by atoms with Crippen LogP contribution >= 0.6 is 0 Å². The molecule has 0 aliphatic heterocycles. The second kappa shape index (κ2) is 2.77. The summed E-state index contributed by atoms with van der Waals surface area (Å²) in [6.45, 7) is 0. The molecule has 0 bridgehead atoms. The Morgan fingerprint density at radius 3 is 2.92 bits per heavy atom. The number of fused-ring (bicyclic) bond motifs is 1. The number of hydrogen-bond acceptors (Lipinski definition) is 3. The molecule has 0 spiro atoms. The lowest BCUT2D eigenvalue weighted by Gasteiger charge is -1.91. The third kappa shape index (κ3) is 1.09. The second-order valence-electron chi connectivity index (χ2n) is 2.64. The van der Waals surface area contributed by atoms with E-state index >= 15 is 0 Å². The van der Waals surface area contributed by atoms with Gasteiger partial charge in [0.05, 0.1) is 17.4 Å². The van der Waals surface area contributed by atoms with E-state index in [2.05, 4.69) is 5.10 Å². The summed E-state index contributed by atoms with van der Waals surface area (Å²) >= 11 is 0. The van der Waals surface area contributed by atoms with Gasteiger partial charge in [-0.05, 0) is 6.07 Å². The quantitative estimate of drug-likeness (QED) is 0.522. The molecule has 64 valence electrons. The Morgan fingerprint density at radius 2 is 2.15 bits per heavy atom. The molecule has 0 atom stereocenters. The lowest BCUT2D eigenvalue weighted by atomic mass is 10.2.